The molecular weight excluding hydrogens is 556 g/mol. The standard InChI is InChI=1S/C44H36N2/c1-3-26-13-11-14-28-25-45-44(29(4-2)40(26)28)46-39-19-10-9-18-34(39)38-24-37-32-17-8-7-16-31(32)33-22-23-36(37)42(43(38)46)41-30-15-6-5-12-27(30)20-21-35(33)41/h5-12,14-21,24-26,33H,3-4,13,22-23H2,1-2H3. The summed E-state index contributed by atoms with van der Waals surface area (Å²) in [5, 5.41) is 5.29. The predicted octanol–water partition coefficient (Wildman–Crippen LogP) is 11.5. The van der Waals surface area contributed by atoms with Crippen LogP contribution in [0.15, 0.2) is 103 Å². The third-order valence-corrected chi connectivity index (χ3v) is 11.4. The summed E-state index contributed by atoms with van der Waals surface area (Å²) in [6.45, 7) is 4.66. The monoisotopic (exact) mass is 592 g/mol. The van der Waals surface area contributed by atoms with E-state index >= 15 is 0 Å². The molecule has 0 saturated heterocycles. The maximum Gasteiger partial charge on any atom is 0.141 e. The van der Waals surface area contributed by atoms with Gasteiger partial charge in [-0.05, 0) is 111 Å². The molecule has 0 aliphatic heterocycles. The Labute approximate surface area is 270 Å². The van der Waals surface area contributed by atoms with Gasteiger partial charge in [0.2, 0.25) is 0 Å². The van der Waals surface area contributed by atoms with E-state index < -0.39 is 0 Å². The van der Waals surface area contributed by atoms with Gasteiger partial charge in [0.1, 0.15) is 5.82 Å². The van der Waals surface area contributed by atoms with Crippen LogP contribution in [0.4, 0.5) is 0 Å². The Balaban J connectivity index is 1.45. The highest BCUT2D eigenvalue weighted by Gasteiger charge is 2.35. The van der Waals surface area contributed by atoms with Gasteiger partial charge in [0.25, 0.3) is 0 Å². The van der Waals surface area contributed by atoms with E-state index in [2.05, 4.69) is 128 Å². The topological polar surface area (TPSA) is 17.8 Å². The Bertz CT molecular complexity index is 2440. The Morgan fingerprint density at radius 2 is 1.61 bits per heavy atom. The second-order valence-electron chi connectivity index (χ2n) is 13.5. The molecule has 3 aliphatic carbocycles. The van der Waals surface area contributed by atoms with E-state index in [1.54, 1.807) is 0 Å². The molecule has 0 amide bonds. The van der Waals surface area contributed by atoms with Gasteiger partial charge < -0.3 is 0 Å². The summed E-state index contributed by atoms with van der Waals surface area (Å²) >= 11 is 0. The van der Waals surface area contributed by atoms with E-state index in [0.717, 1.165) is 37.9 Å². The Morgan fingerprint density at radius 3 is 2.50 bits per heavy atom. The van der Waals surface area contributed by atoms with Gasteiger partial charge in [0.05, 0.1) is 11.0 Å². The number of rotatable bonds is 3. The third-order valence-electron chi connectivity index (χ3n) is 11.4. The normalized spacial score (nSPS) is 17.6. The molecule has 0 spiro atoms. The van der Waals surface area contributed by atoms with Crippen LogP contribution in [0.3, 0.4) is 0 Å². The van der Waals surface area contributed by atoms with Gasteiger partial charge >= 0.3 is 0 Å². The van der Waals surface area contributed by atoms with Crippen molar-refractivity contribution < 1.29 is 0 Å². The maximum atomic E-state index is 5.36. The van der Waals surface area contributed by atoms with Crippen LogP contribution in [-0.4, -0.2) is 9.55 Å². The fourth-order valence-electron chi connectivity index (χ4n) is 9.40. The lowest BCUT2D eigenvalue weighted by Crippen LogP contribution is -2.13. The lowest BCUT2D eigenvalue weighted by atomic mass is 9.78. The maximum absolute atomic E-state index is 5.36. The molecule has 2 heteroatoms. The summed E-state index contributed by atoms with van der Waals surface area (Å²) in [5.41, 5.74) is 16.8. The summed E-state index contributed by atoms with van der Waals surface area (Å²) < 4.78 is 2.57. The van der Waals surface area contributed by atoms with Gasteiger partial charge in [-0.15, -0.1) is 0 Å². The lowest BCUT2D eigenvalue weighted by Gasteiger charge is -2.27. The minimum absolute atomic E-state index is 0.360. The summed E-state index contributed by atoms with van der Waals surface area (Å²) in [4.78, 5) is 5.36. The number of nitrogens with zero attached hydrogens (tertiary/aromatic N) is 2. The molecule has 2 nitrogen and oxygen atoms in total. The molecule has 2 unspecified atom stereocenters. The molecule has 5 aromatic carbocycles. The summed E-state index contributed by atoms with van der Waals surface area (Å²) in [6, 6.07) is 34.6. The van der Waals surface area contributed by atoms with E-state index in [9.17, 15) is 0 Å². The molecule has 7 aromatic rings. The van der Waals surface area contributed by atoms with Crippen LogP contribution < -0.4 is 0 Å². The van der Waals surface area contributed by atoms with E-state index in [1.165, 1.54) is 88.2 Å². The van der Waals surface area contributed by atoms with E-state index in [1.807, 2.05) is 0 Å². The Hall–Kier alpha value is -4.95. The van der Waals surface area contributed by atoms with Crippen molar-refractivity contribution in [3.63, 3.8) is 0 Å². The smallest absolute Gasteiger partial charge is 0.141 e. The first-order valence-electron chi connectivity index (χ1n) is 17.2. The van der Waals surface area contributed by atoms with Gasteiger partial charge in [-0.3, -0.25) is 4.57 Å². The second-order valence-corrected chi connectivity index (χ2v) is 13.5. The zero-order chi connectivity index (χ0) is 30.5. The zero-order valence-corrected chi connectivity index (χ0v) is 26.5. The summed E-state index contributed by atoms with van der Waals surface area (Å²) in [7, 11) is 0. The van der Waals surface area contributed by atoms with Crippen molar-refractivity contribution in [1.29, 1.82) is 0 Å². The van der Waals surface area contributed by atoms with Crippen molar-refractivity contribution in [2.45, 2.75) is 57.8 Å². The molecule has 222 valence electrons. The highest BCUT2D eigenvalue weighted by molar-refractivity contribution is 6.19. The average molecular weight is 593 g/mol. The van der Waals surface area contributed by atoms with Crippen LogP contribution in [0.2, 0.25) is 0 Å². The first kappa shape index (κ1) is 26.3. The number of hydrogen-bond donors (Lipinski definition) is 0. The Kier molecular flexibility index (Phi) is 5.58. The molecule has 2 aromatic heterocycles. The molecule has 2 bridgehead atoms. The molecular formula is C44H36N2. The summed E-state index contributed by atoms with van der Waals surface area (Å²) in [5.74, 6) is 2.00. The molecule has 0 N–H and O–H groups in total. The van der Waals surface area contributed by atoms with E-state index in [-0.39, 0.29) is 0 Å². The van der Waals surface area contributed by atoms with Crippen LogP contribution in [0.25, 0.3) is 66.7 Å². The van der Waals surface area contributed by atoms with Crippen LogP contribution in [0.1, 0.15) is 78.3 Å². The summed E-state index contributed by atoms with van der Waals surface area (Å²) in [6.07, 6.45) is 12.2. The predicted molar refractivity (Wildman–Crippen MR) is 193 cm³/mol. The number of aromatic nitrogens is 2. The minimum atomic E-state index is 0.360. The fraction of sp³-hybridized carbons (Fsp3) is 0.205. The van der Waals surface area contributed by atoms with Crippen molar-refractivity contribution in [2.24, 2.45) is 0 Å². The van der Waals surface area contributed by atoms with Crippen LogP contribution >= 0.6 is 0 Å². The first-order valence-corrected chi connectivity index (χ1v) is 17.2. The lowest BCUT2D eigenvalue weighted by molar-refractivity contribution is 0.657. The van der Waals surface area contributed by atoms with Gasteiger partial charge in [-0.25, -0.2) is 4.98 Å². The van der Waals surface area contributed by atoms with Crippen molar-refractivity contribution >= 4 is 38.7 Å². The van der Waals surface area contributed by atoms with Gasteiger partial charge in [0, 0.05) is 28.5 Å². The highest BCUT2D eigenvalue weighted by Crippen LogP contribution is 2.55. The van der Waals surface area contributed by atoms with Gasteiger partial charge in [-0.2, -0.15) is 0 Å². The fourth-order valence-corrected chi connectivity index (χ4v) is 9.40. The number of benzene rings is 5. The van der Waals surface area contributed by atoms with Crippen LogP contribution in [0, 0.1) is 0 Å². The molecule has 0 radical (unpaired) electrons. The van der Waals surface area contributed by atoms with Crippen LogP contribution in [0.5, 0.6) is 0 Å². The average Bonchev–Trinajstić information content (AvgIpc) is 3.22. The largest absolute Gasteiger partial charge is 0.293 e. The number of hydrogen-bond acceptors (Lipinski definition) is 1. The molecule has 2 heterocycles. The van der Waals surface area contributed by atoms with E-state index in [4.69, 9.17) is 4.98 Å². The third kappa shape index (κ3) is 3.39. The molecule has 10 rings (SSSR count). The number of para-hydroxylation sites is 1. The second kappa shape index (κ2) is 9.77. The number of pyridine rings is 1. The van der Waals surface area contributed by atoms with Crippen molar-refractivity contribution in [1.82, 2.24) is 9.55 Å². The minimum Gasteiger partial charge on any atom is -0.293 e. The van der Waals surface area contributed by atoms with Crippen molar-refractivity contribution in [2.75, 3.05) is 0 Å². The van der Waals surface area contributed by atoms with E-state index in [0.29, 0.717) is 11.8 Å². The van der Waals surface area contributed by atoms with Crippen LogP contribution in [-0.2, 0) is 12.8 Å². The molecule has 0 saturated carbocycles. The first-order chi connectivity index (χ1) is 22.8. The highest BCUT2D eigenvalue weighted by atomic mass is 15.1. The Morgan fingerprint density at radius 1 is 0.783 bits per heavy atom. The van der Waals surface area contributed by atoms with Gasteiger partial charge in [-0.1, -0.05) is 105 Å². The molecule has 3 aliphatic rings. The molecule has 2 atom stereocenters. The number of allylic oxidation sites excluding steroid dienone is 1. The number of fused-ring (bicyclic) bond motifs is 15. The van der Waals surface area contributed by atoms with Crippen molar-refractivity contribution in [3.05, 3.63) is 137 Å². The quantitative estimate of drug-likeness (QED) is 0.200. The SMILES string of the molecule is CCc1c(-n2c3ccccc3c3cc4c5c(c32)-c2c(ccc3ccccc23)C(CC5)c2ccccc2-4)ncc2c1C(CC)CC=C2. The van der Waals surface area contributed by atoms with Crippen molar-refractivity contribution in [3.8, 4) is 28.1 Å². The molecule has 46 heavy (non-hydrogen) atoms. The molecule has 0 fully saturated rings. The van der Waals surface area contributed by atoms with Gasteiger partial charge in [0.15, 0.2) is 0 Å². The zero-order valence-electron chi connectivity index (χ0n) is 26.5.